The average Bonchev–Trinajstić information content (AvgIpc) is 2.43. The lowest BCUT2D eigenvalue weighted by Crippen LogP contribution is -2.19. The first kappa shape index (κ1) is 8.57. The third-order valence-corrected chi connectivity index (χ3v) is 1.95. The van der Waals surface area contributed by atoms with Gasteiger partial charge in [0.1, 0.15) is 5.60 Å². The molecule has 0 bridgehead atoms. The Labute approximate surface area is 67.9 Å². The maximum absolute atomic E-state index is 10.7. The van der Waals surface area contributed by atoms with Crippen LogP contribution in [0.15, 0.2) is 0 Å². The van der Waals surface area contributed by atoms with Crippen molar-refractivity contribution in [2.45, 2.75) is 45.6 Å². The summed E-state index contributed by atoms with van der Waals surface area (Å²) in [5, 5.41) is 0. The minimum absolute atomic E-state index is 0.0556. The Morgan fingerprint density at radius 2 is 2.09 bits per heavy atom. The fourth-order valence-electron chi connectivity index (χ4n) is 1.54. The number of carbonyl (C=O) groups excluding carboxylic acids is 1. The zero-order valence-electron chi connectivity index (χ0n) is 7.52. The van der Waals surface area contributed by atoms with Crippen LogP contribution in [0.1, 0.15) is 40.0 Å². The molecule has 1 saturated carbocycles. The fourth-order valence-corrected chi connectivity index (χ4v) is 1.54. The molecule has 1 aliphatic rings. The van der Waals surface area contributed by atoms with Gasteiger partial charge in [0, 0.05) is 6.92 Å². The third kappa shape index (κ3) is 2.52. The summed E-state index contributed by atoms with van der Waals surface area (Å²) in [6.07, 6.45) is 3.14. The van der Waals surface area contributed by atoms with E-state index in [1.807, 2.05) is 0 Å². The highest BCUT2D eigenvalue weighted by Crippen LogP contribution is 2.44. The molecule has 0 aromatic heterocycles. The highest BCUT2D eigenvalue weighted by molar-refractivity contribution is 5.66. The molecule has 2 heteroatoms. The van der Waals surface area contributed by atoms with E-state index in [1.165, 1.54) is 6.92 Å². The van der Waals surface area contributed by atoms with E-state index >= 15 is 0 Å². The van der Waals surface area contributed by atoms with E-state index in [0.717, 1.165) is 19.3 Å². The summed E-state index contributed by atoms with van der Waals surface area (Å²) in [5.41, 5.74) is -0.0556. The van der Waals surface area contributed by atoms with E-state index in [2.05, 4.69) is 13.8 Å². The number of hydrogen-bond acceptors (Lipinski definition) is 2. The summed E-state index contributed by atoms with van der Waals surface area (Å²) >= 11 is 0. The van der Waals surface area contributed by atoms with E-state index in [0.29, 0.717) is 5.92 Å². The van der Waals surface area contributed by atoms with Crippen molar-refractivity contribution in [3.8, 4) is 0 Å². The van der Waals surface area contributed by atoms with Gasteiger partial charge in [0.2, 0.25) is 0 Å². The Bertz CT molecular complexity index is 157. The lowest BCUT2D eigenvalue weighted by molar-refractivity contribution is -0.149. The zero-order valence-corrected chi connectivity index (χ0v) is 7.52. The summed E-state index contributed by atoms with van der Waals surface area (Å²) in [5.74, 6) is 0.486. The van der Waals surface area contributed by atoms with Gasteiger partial charge in [-0.15, -0.1) is 0 Å². The SMILES string of the molecule is CC(=O)OC1(CC(C)C)CC1. The molecular weight excluding hydrogens is 140 g/mol. The Hall–Kier alpha value is -0.530. The third-order valence-electron chi connectivity index (χ3n) is 1.95. The lowest BCUT2D eigenvalue weighted by Gasteiger charge is -2.17. The molecular formula is C9H16O2. The molecule has 11 heavy (non-hydrogen) atoms. The molecule has 1 aliphatic carbocycles. The van der Waals surface area contributed by atoms with Gasteiger partial charge in [0.05, 0.1) is 0 Å². The van der Waals surface area contributed by atoms with Gasteiger partial charge >= 0.3 is 5.97 Å². The van der Waals surface area contributed by atoms with Crippen molar-refractivity contribution in [2.75, 3.05) is 0 Å². The normalized spacial score (nSPS) is 20.0. The van der Waals surface area contributed by atoms with Crippen molar-refractivity contribution < 1.29 is 9.53 Å². The van der Waals surface area contributed by atoms with E-state index in [1.54, 1.807) is 0 Å². The van der Waals surface area contributed by atoms with Crippen LogP contribution in [0.4, 0.5) is 0 Å². The van der Waals surface area contributed by atoms with E-state index in [9.17, 15) is 4.79 Å². The number of rotatable bonds is 3. The second kappa shape index (κ2) is 2.84. The first-order valence-corrected chi connectivity index (χ1v) is 4.24. The number of hydrogen-bond donors (Lipinski definition) is 0. The zero-order chi connectivity index (χ0) is 8.48. The van der Waals surface area contributed by atoms with Crippen molar-refractivity contribution in [1.29, 1.82) is 0 Å². The lowest BCUT2D eigenvalue weighted by atomic mass is 10.0. The van der Waals surface area contributed by atoms with Gasteiger partial charge in [0.15, 0.2) is 0 Å². The largest absolute Gasteiger partial charge is 0.459 e. The Morgan fingerprint density at radius 1 is 1.55 bits per heavy atom. The predicted molar refractivity (Wildman–Crippen MR) is 43.2 cm³/mol. The van der Waals surface area contributed by atoms with Gasteiger partial charge in [-0.1, -0.05) is 13.8 Å². The summed E-state index contributed by atoms with van der Waals surface area (Å²) in [7, 11) is 0. The van der Waals surface area contributed by atoms with Crippen molar-refractivity contribution in [1.82, 2.24) is 0 Å². The summed E-state index contributed by atoms with van der Waals surface area (Å²) in [6.45, 7) is 5.80. The average molecular weight is 156 g/mol. The smallest absolute Gasteiger partial charge is 0.303 e. The van der Waals surface area contributed by atoms with Crippen molar-refractivity contribution in [3.63, 3.8) is 0 Å². The molecule has 0 aliphatic heterocycles. The van der Waals surface area contributed by atoms with Crippen LogP contribution in [0.2, 0.25) is 0 Å². The second-order valence-electron chi connectivity index (χ2n) is 3.87. The van der Waals surface area contributed by atoms with Crippen molar-refractivity contribution in [2.24, 2.45) is 5.92 Å². The summed E-state index contributed by atoms with van der Waals surface area (Å²) < 4.78 is 5.22. The molecule has 0 radical (unpaired) electrons. The molecule has 0 heterocycles. The minimum Gasteiger partial charge on any atom is -0.459 e. The van der Waals surface area contributed by atoms with Crippen LogP contribution in [0.25, 0.3) is 0 Å². The molecule has 1 fully saturated rings. The molecule has 0 aromatic carbocycles. The quantitative estimate of drug-likeness (QED) is 0.585. The van der Waals surface area contributed by atoms with Gasteiger partial charge < -0.3 is 4.74 Å². The van der Waals surface area contributed by atoms with Crippen LogP contribution in [0.5, 0.6) is 0 Å². The molecule has 0 spiro atoms. The highest BCUT2D eigenvalue weighted by atomic mass is 16.6. The molecule has 0 atom stereocenters. The van der Waals surface area contributed by atoms with E-state index < -0.39 is 0 Å². The molecule has 0 unspecified atom stereocenters. The molecule has 0 aromatic rings. The standard InChI is InChI=1S/C9H16O2/c1-7(2)6-9(4-5-9)11-8(3)10/h7H,4-6H2,1-3H3. The van der Waals surface area contributed by atoms with Crippen molar-refractivity contribution >= 4 is 5.97 Å². The molecule has 64 valence electrons. The van der Waals surface area contributed by atoms with Crippen LogP contribution in [0, 0.1) is 5.92 Å². The summed E-state index contributed by atoms with van der Waals surface area (Å²) in [6, 6.07) is 0. The van der Waals surface area contributed by atoms with Gasteiger partial charge in [-0.25, -0.2) is 0 Å². The van der Waals surface area contributed by atoms with Gasteiger partial charge in [-0.05, 0) is 25.2 Å². The Morgan fingerprint density at radius 3 is 2.36 bits per heavy atom. The van der Waals surface area contributed by atoms with Crippen LogP contribution in [-0.2, 0) is 9.53 Å². The highest BCUT2D eigenvalue weighted by Gasteiger charge is 2.46. The Kier molecular flexibility index (Phi) is 2.21. The molecule has 2 nitrogen and oxygen atoms in total. The maximum atomic E-state index is 10.7. The fraction of sp³-hybridized carbons (Fsp3) is 0.889. The van der Waals surface area contributed by atoms with Crippen molar-refractivity contribution in [3.05, 3.63) is 0 Å². The monoisotopic (exact) mass is 156 g/mol. The van der Waals surface area contributed by atoms with E-state index in [-0.39, 0.29) is 11.6 Å². The minimum atomic E-state index is -0.136. The first-order valence-electron chi connectivity index (χ1n) is 4.24. The first-order chi connectivity index (χ1) is 5.04. The van der Waals surface area contributed by atoms with Gasteiger partial charge in [-0.3, -0.25) is 4.79 Å². The van der Waals surface area contributed by atoms with Crippen LogP contribution >= 0.6 is 0 Å². The van der Waals surface area contributed by atoms with Crippen LogP contribution < -0.4 is 0 Å². The van der Waals surface area contributed by atoms with Gasteiger partial charge in [-0.2, -0.15) is 0 Å². The van der Waals surface area contributed by atoms with Crippen LogP contribution in [-0.4, -0.2) is 11.6 Å². The number of esters is 1. The predicted octanol–water partition coefficient (Wildman–Crippen LogP) is 2.13. The van der Waals surface area contributed by atoms with E-state index in [4.69, 9.17) is 4.74 Å². The van der Waals surface area contributed by atoms with Gasteiger partial charge in [0.25, 0.3) is 0 Å². The molecule has 0 N–H and O–H groups in total. The number of carbonyl (C=O) groups is 1. The maximum Gasteiger partial charge on any atom is 0.303 e. The Balaban J connectivity index is 2.35. The molecule has 0 saturated heterocycles. The van der Waals surface area contributed by atoms with Crippen LogP contribution in [0.3, 0.4) is 0 Å². The number of ether oxygens (including phenoxy) is 1. The second-order valence-corrected chi connectivity index (χ2v) is 3.87. The topological polar surface area (TPSA) is 26.3 Å². The summed E-state index contributed by atoms with van der Waals surface area (Å²) in [4.78, 5) is 10.7. The molecule has 1 rings (SSSR count). The molecule has 0 amide bonds.